The fourth-order valence-corrected chi connectivity index (χ4v) is 2.66. The van der Waals surface area contributed by atoms with Gasteiger partial charge in [-0.25, -0.2) is 0 Å². The average molecular weight is 339 g/mol. The van der Waals surface area contributed by atoms with Gasteiger partial charge in [-0.15, -0.1) is 0 Å². The van der Waals surface area contributed by atoms with Crippen molar-refractivity contribution in [1.29, 1.82) is 0 Å². The van der Waals surface area contributed by atoms with Crippen LogP contribution in [-0.4, -0.2) is 31.0 Å². The smallest absolute Gasteiger partial charge is 0.227 e. The molecule has 5 nitrogen and oxygen atoms in total. The third kappa shape index (κ3) is 4.86. The molecule has 2 rings (SSSR count). The Hall–Kier alpha value is -1.75. The summed E-state index contributed by atoms with van der Waals surface area (Å²) in [5.41, 5.74) is 0.673. The molecule has 0 saturated heterocycles. The van der Waals surface area contributed by atoms with Crippen molar-refractivity contribution in [2.75, 3.05) is 18.0 Å². The highest BCUT2D eigenvalue weighted by atomic mass is 35.5. The molecule has 1 aromatic rings. The molecule has 1 aromatic carbocycles. The first-order chi connectivity index (χ1) is 11.0. The lowest BCUT2D eigenvalue weighted by atomic mass is 10.1. The number of carbonyl (C=O) groups excluding carboxylic acids is 2. The number of hydrogen-bond acceptors (Lipinski definition) is 3. The van der Waals surface area contributed by atoms with Crippen LogP contribution in [0.5, 0.6) is 5.75 Å². The van der Waals surface area contributed by atoms with E-state index in [9.17, 15) is 9.59 Å². The van der Waals surface area contributed by atoms with E-state index in [1.165, 1.54) is 0 Å². The predicted octanol–water partition coefficient (Wildman–Crippen LogP) is 3.15. The number of amides is 2. The number of carbonyl (C=O) groups is 2. The SMILES string of the molecule is CCCCNC(=O)CCC(=O)N1C[C@H](C)Oc2ccc(Cl)cc21. The number of halogens is 1. The number of nitrogens with zero attached hydrogens (tertiary/aromatic N) is 1. The standard InChI is InChI=1S/C17H23ClN2O3/c1-3-4-9-19-16(21)7-8-17(22)20-11-12(2)23-15-6-5-13(18)10-14(15)20/h5-6,10,12H,3-4,7-9,11H2,1-2H3,(H,19,21)/t12-/m0/s1. The van der Waals surface area contributed by atoms with Gasteiger partial charge < -0.3 is 15.0 Å². The number of nitrogens with one attached hydrogen (secondary N) is 1. The van der Waals surface area contributed by atoms with E-state index in [0.29, 0.717) is 29.5 Å². The average Bonchev–Trinajstić information content (AvgIpc) is 2.52. The highest BCUT2D eigenvalue weighted by Gasteiger charge is 2.27. The van der Waals surface area contributed by atoms with Gasteiger partial charge in [0.25, 0.3) is 0 Å². The molecule has 1 aliphatic rings. The van der Waals surface area contributed by atoms with Crippen LogP contribution < -0.4 is 15.0 Å². The zero-order chi connectivity index (χ0) is 16.8. The maximum Gasteiger partial charge on any atom is 0.227 e. The normalized spacial score (nSPS) is 16.5. The van der Waals surface area contributed by atoms with Crippen molar-refractivity contribution in [1.82, 2.24) is 5.32 Å². The summed E-state index contributed by atoms with van der Waals surface area (Å²) in [5.74, 6) is 0.475. The van der Waals surface area contributed by atoms with Crippen molar-refractivity contribution in [2.45, 2.75) is 45.6 Å². The summed E-state index contributed by atoms with van der Waals surface area (Å²) in [4.78, 5) is 25.9. The topological polar surface area (TPSA) is 58.6 Å². The molecular weight excluding hydrogens is 316 g/mol. The Bertz CT molecular complexity index is 577. The van der Waals surface area contributed by atoms with E-state index < -0.39 is 0 Å². The minimum atomic E-state index is -0.0917. The minimum Gasteiger partial charge on any atom is -0.487 e. The highest BCUT2D eigenvalue weighted by Crippen LogP contribution is 2.36. The lowest BCUT2D eigenvalue weighted by Crippen LogP contribution is -2.42. The van der Waals surface area contributed by atoms with Crippen LogP contribution in [0.1, 0.15) is 39.5 Å². The fourth-order valence-electron chi connectivity index (χ4n) is 2.50. The summed E-state index contributed by atoms with van der Waals surface area (Å²) >= 11 is 6.02. The van der Waals surface area contributed by atoms with E-state index in [0.717, 1.165) is 12.8 Å². The summed E-state index contributed by atoms with van der Waals surface area (Å²) in [6.07, 6.45) is 2.27. The van der Waals surface area contributed by atoms with Crippen LogP contribution in [0.15, 0.2) is 18.2 Å². The summed E-state index contributed by atoms with van der Waals surface area (Å²) in [6.45, 7) is 5.10. The van der Waals surface area contributed by atoms with Crippen molar-refractivity contribution < 1.29 is 14.3 Å². The van der Waals surface area contributed by atoms with Gasteiger partial charge in [0.05, 0.1) is 12.2 Å². The van der Waals surface area contributed by atoms with E-state index >= 15 is 0 Å². The molecule has 0 aromatic heterocycles. The van der Waals surface area contributed by atoms with E-state index in [1.807, 2.05) is 6.92 Å². The van der Waals surface area contributed by atoms with E-state index in [2.05, 4.69) is 12.2 Å². The lowest BCUT2D eigenvalue weighted by molar-refractivity contribution is -0.125. The van der Waals surface area contributed by atoms with E-state index in [1.54, 1.807) is 23.1 Å². The van der Waals surface area contributed by atoms with Crippen LogP contribution in [0.4, 0.5) is 5.69 Å². The Labute approximate surface area is 141 Å². The summed E-state index contributed by atoms with van der Waals surface area (Å²) in [6, 6.07) is 5.23. The number of anilines is 1. The fraction of sp³-hybridized carbons (Fsp3) is 0.529. The van der Waals surface area contributed by atoms with Crippen molar-refractivity contribution in [3.63, 3.8) is 0 Å². The zero-order valence-electron chi connectivity index (χ0n) is 13.6. The first-order valence-corrected chi connectivity index (χ1v) is 8.42. The van der Waals surface area contributed by atoms with Crippen LogP contribution in [-0.2, 0) is 9.59 Å². The molecule has 0 bridgehead atoms. The molecule has 126 valence electrons. The Kier molecular flexibility index (Phi) is 6.28. The van der Waals surface area contributed by atoms with E-state index in [4.69, 9.17) is 16.3 Å². The van der Waals surface area contributed by atoms with Crippen LogP contribution in [0.3, 0.4) is 0 Å². The second-order valence-corrected chi connectivity index (χ2v) is 6.18. The number of fused-ring (bicyclic) bond motifs is 1. The van der Waals surface area contributed by atoms with Crippen LogP contribution >= 0.6 is 11.6 Å². The number of hydrogen-bond donors (Lipinski definition) is 1. The maximum absolute atomic E-state index is 12.5. The molecule has 1 aliphatic heterocycles. The third-order valence-electron chi connectivity index (χ3n) is 3.70. The van der Waals surface area contributed by atoms with Gasteiger partial charge in [-0.1, -0.05) is 24.9 Å². The Morgan fingerprint density at radius 3 is 2.91 bits per heavy atom. The second-order valence-electron chi connectivity index (χ2n) is 5.75. The largest absolute Gasteiger partial charge is 0.487 e. The van der Waals surface area contributed by atoms with Gasteiger partial charge >= 0.3 is 0 Å². The van der Waals surface area contributed by atoms with Crippen LogP contribution in [0.2, 0.25) is 5.02 Å². The molecule has 0 spiro atoms. The molecule has 0 saturated carbocycles. The van der Waals surface area contributed by atoms with Gasteiger partial charge in [0.1, 0.15) is 11.9 Å². The predicted molar refractivity (Wildman–Crippen MR) is 91.0 cm³/mol. The first kappa shape index (κ1) is 17.6. The molecule has 2 amide bonds. The Morgan fingerprint density at radius 2 is 2.17 bits per heavy atom. The molecule has 0 unspecified atom stereocenters. The van der Waals surface area contributed by atoms with Crippen molar-refractivity contribution in [3.05, 3.63) is 23.2 Å². The number of unbranched alkanes of at least 4 members (excludes halogenated alkanes) is 1. The summed E-state index contributed by atoms with van der Waals surface area (Å²) < 4.78 is 5.73. The molecule has 0 radical (unpaired) electrons. The van der Waals surface area contributed by atoms with Crippen LogP contribution in [0, 0.1) is 0 Å². The molecule has 0 fully saturated rings. The van der Waals surface area contributed by atoms with E-state index in [-0.39, 0.29) is 30.8 Å². The molecule has 6 heteroatoms. The van der Waals surface area contributed by atoms with Gasteiger partial charge in [0.15, 0.2) is 0 Å². The number of ether oxygens (including phenoxy) is 1. The zero-order valence-corrected chi connectivity index (χ0v) is 14.4. The first-order valence-electron chi connectivity index (χ1n) is 8.04. The third-order valence-corrected chi connectivity index (χ3v) is 3.93. The highest BCUT2D eigenvalue weighted by molar-refractivity contribution is 6.31. The molecule has 23 heavy (non-hydrogen) atoms. The van der Waals surface area contributed by atoms with Gasteiger partial charge in [-0.3, -0.25) is 9.59 Å². The summed E-state index contributed by atoms with van der Waals surface area (Å²) in [5, 5.41) is 3.38. The molecular formula is C17H23ClN2O3. The minimum absolute atomic E-state index is 0.0839. The monoisotopic (exact) mass is 338 g/mol. The second kappa shape index (κ2) is 8.20. The number of rotatable bonds is 6. The van der Waals surface area contributed by atoms with Gasteiger partial charge in [0, 0.05) is 24.4 Å². The van der Waals surface area contributed by atoms with Gasteiger partial charge in [-0.2, -0.15) is 0 Å². The molecule has 1 N–H and O–H groups in total. The lowest BCUT2D eigenvalue weighted by Gasteiger charge is -2.33. The molecule has 1 atom stereocenters. The maximum atomic E-state index is 12.5. The Balaban J connectivity index is 1.97. The number of benzene rings is 1. The summed E-state index contributed by atoms with van der Waals surface area (Å²) in [7, 11) is 0. The van der Waals surface area contributed by atoms with Crippen molar-refractivity contribution >= 4 is 29.1 Å². The van der Waals surface area contributed by atoms with Gasteiger partial charge in [-0.05, 0) is 31.5 Å². The van der Waals surface area contributed by atoms with Crippen LogP contribution in [0.25, 0.3) is 0 Å². The molecule has 0 aliphatic carbocycles. The van der Waals surface area contributed by atoms with Crippen molar-refractivity contribution in [3.8, 4) is 5.75 Å². The van der Waals surface area contributed by atoms with Crippen molar-refractivity contribution in [2.24, 2.45) is 0 Å². The van der Waals surface area contributed by atoms with Gasteiger partial charge in [0.2, 0.25) is 11.8 Å². The molecule has 1 heterocycles. The quantitative estimate of drug-likeness (QED) is 0.811. The Morgan fingerprint density at radius 1 is 1.39 bits per heavy atom.